The van der Waals surface area contributed by atoms with E-state index in [2.05, 4.69) is 54.9 Å². The summed E-state index contributed by atoms with van der Waals surface area (Å²) in [5.41, 5.74) is 5.53. The first-order valence-electron chi connectivity index (χ1n) is 12.7. The lowest BCUT2D eigenvalue weighted by Gasteiger charge is -2.16. The molecule has 5 nitrogen and oxygen atoms in total. The smallest absolute Gasteiger partial charge is 0.243 e. The lowest BCUT2D eigenvalue weighted by Crippen LogP contribution is -2.23. The van der Waals surface area contributed by atoms with E-state index in [0.717, 1.165) is 41.0 Å². The molecule has 5 heteroatoms. The van der Waals surface area contributed by atoms with Gasteiger partial charge in [0.2, 0.25) is 5.91 Å². The third-order valence-electron chi connectivity index (χ3n) is 6.20. The molecule has 0 aliphatic carbocycles. The number of benzene rings is 3. The fourth-order valence-corrected chi connectivity index (χ4v) is 4.31. The Kier molecular flexibility index (Phi) is 8.56. The molecule has 0 saturated carbocycles. The molecule has 1 aromatic heterocycles. The molecule has 0 fully saturated rings. The van der Waals surface area contributed by atoms with Crippen molar-refractivity contribution in [3.05, 3.63) is 101 Å². The van der Waals surface area contributed by atoms with E-state index in [4.69, 9.17) is 9.72 Å². The third-order valence-corrected chi connectivity index (χ3v) is 6.20. The molecule has 0 aliphatic rings. The highest BCUT2D eigenvalue weighted by Gasteiger charge is 2.12. The van der Waals surface area contributed by atoms with Gasteiger partial charge in [-0.15, -0.1) is 0 Å². The Morgan fingerprint density at radius 1 is 1.06 bits per heavy atom. The molecule has 1 amide bonds. The lowest BCUT2D eigenvalue weighted by atomic mass is 10.0. The maximum absolute atomic E-state index is 12.2. The zero-order chi connectivity index (χ0) is 25.3. The Bertz CT molecular complexity index is 1320. The molecule has 0 bridgehead atoms. The van der Waals surface area contributed by atoms with E-state index < -0.39 is 0 Å². The summed E-state index contributed by atoms with van der Waals surface area (Å²) in [7, 11) is 0. The fraction of sp³-hybridized carbons (Fsp3) is 0.290. The van der Waals surface area contributed by atoms with Crippen LogP contribution in [0.3, 0.4) is 0 Å². The van der Waals surface area contributed by atoms with E-state index in [0.29, 0.717) is 25.6 Å². The number of aryl methyl sites for hydroxylation is 2. The van der Waals surface area contributed by atoms with Crippen molar-refractivity contribution in [2.75, 3.05) is 13.2 Å². The van der Waals surface area contributed by atoms with Crippen molar-refractivity contribution in [1.82, 2.24) is 14.9 Å². The van der Waals surface area contributed by atoms with E-state index >= 15 is 0 Å². The Morgan fingerprint density at radius 2 is 1.83 bits per heavy atom. The van der Waals surface area contributed by atoms with Crippen LogP contribution in [0.4, 0.5) is 0 Å². The van der Waals surface area contributed by atoms with Crippen molar-refractivity contribution in [3.63, 3.8) is 0 Å². The van der Waals surface area contributed by atoms with Gasteiger partial charge in [0.15, 0.2) is 0 Å². The van der Waals surface area contributed by atoms with Gasteiger partial charge in [0, 0.05) is 19.0 Å². The molecule has 0 unspecified atom stereocenters. The van der Waals surface area contributed by atoms with Crippen molar-refractivity contribution >= 4 is 23.0 Å². The van der Waals surface area contributed by atoms with E-state index in [1.54, 1.807) is 6.08 Å². The van der Waals surface area contributed by atoms with Crippen molar-refractivity contribution in [1.29, 1.82) is 0 Å². The van der Waals surface area contributed by atoms with Crippen LogP contribution in [0.1, 0.15) is 48.7 Å². The number of ether oxygens (including phenoxy) is 1. The minimum atomic E-state index is -0.0835. The molecular formula is C31H35N3O2. The fourth-order valence-electron chi connectivity index (χ4n) is 4.31. The van der Waals surface area contributed by atoms with Crippen molar-refractivity contribution in [2.24, 2.45) is 0 Å². The van der Waals surface area contributed by atoms with Gasteiger partial charge < -0.3 is 14.6 Å². The van der Waals surface area contributed by atoms with Gasteiger partial charge in [-0.05, 0) is 60.2 Å². The van der Waals surface area contributed by atoms with Crippen LogP contribution >= 0.6 is 0 Å². The van der Waals surface area contributed by atoms with Gasteiger partial charge in [-0.1, -0.05) is 68.4 Å². The first-order valence-corrected chi connectivity index (χ1v) is 12.7. The Labute approximate surface area is 213 Å². The van der Waals surface area contributed by atoms with E-state index in [-0.39, 0.29) is 5.91 Å². The predicted octanol–water partition coefficient (Wildman–Crippen LogP) is 6.31. The number of carbonyl (C=O) groups excluding carboxylic acids is 1. The van der Waals surface area contributed by atoms with Gasteiger partial charge in [-0.3, -0.25) is 4.79 Å². The van der Waals surface area contributed by atoms with Crippen LogP contribution in [0, 0.1) is 6.92 Å². The number of aromatic nitrogens is 2. The van der Waals surface area contributed by atoms with Crippen LogP contribution in [0.15, 0.2) is 78.9 Å². The molecule has 0 saturated heterocycles. The molecule has 36 heavy (non-hydrogen) atoms. The molecule has 3 aromatic carbocycles. The highest BCUT2D eigenvalue weighted by Crippen LogP contribution is 2.27. The quantitative estimate of drug-likeness (QED) is 0.202. The highest BCUT2D eigenvalue weighted by atomic mass is 16.5. The topological polar surface area (TPSA) is 56.1 Å². The monoisotopic (exact) mass is 481 g/mol. The Hall–Kier alpha value is -3.86. The summed E-state index contributed by atoms with van der Waals surface area (Å²) in [5, 5.41) is 2.98. The van der Waals surface area contributed by atoms with Gasteiger partial charge >= 0.3 is 0 Å². The molecular weight excluding hydrogens is 446 g/mol. The highest BCUT2D eigenvalue weighted by molar-refractivity contribution is 5.91. The van der Waals surface area contributed by atoms with Crippen LogP contribution in [0.5, 0.6) is 5.75 Å². The number of hydrogen-bond acceptors (Lipinski definition) is 3. The van der Waals surface area contributed by atoms with Gasteiger partial charge in [-0.2, -0.15) is 0 Å². The number of fused-ring (bicyclic) bond motifs is 1. The van der Waals surface area contributed by atoms with E-state index in [1.807, 2.05) is 54.6 Å². The van der Waals surface area contributed by atoms with Gasteiger partial charge in [0.25, 0.3) is 0 Å². The number of carbonyl (C=O) groups is 1. The molecule has 0 radical (unpaired) electrons. The molecule has 4 aromatic rings. The zero-order valence-electron chi connectivity index (χ0n) is 21.4. The first kappa shape index (κ1) is 25.2. The number of nitrogens with one attached hydrogen (secondary N) is 1. The summed E-state index contributed by atoms with van der Waals surface area (Å²) in [4.78, 5) is 17.0. The second kappa shape index (κ2) is 12.2. The summed E-state index contributed by atoms with van der Waals surface area (Å²) in [6, 6.07) is 24.5. The number of hydrogen-bond donors (Lipinski definition) is 1. The van der Waals surface area contributed by atoms with E-state index in [9.17, 15) is 4.79 Å². The molecule has 0 aliphatic heterocycles. The maximum atomic E-state index is 12.2. The molecule has 0 atom stereocenters. The van der Waals surface area contributed by atoms with Gasteiger partial charge in [0.05, 0.1) is 17.6 Å². The van der Waals surface area contributed by atoms with Crippen LogP contribution in [0.25, 0.3) is 17.1 Å². The number of nitrogens with zero attached hydrogens (tertiary/aromatic N) is 2. The van der Waals surface area contributed by atoms with Crippen molar-refractivity contribution in [2.45, 2.75) is 46.1 Å². The lowest BCUT2D eigenvalue weighted by molar-refractivity contribution is -0.116. The first-order chi connectivity index (χ1) is 17.5. The summed E-state index contributed by atoms with van der Waals surface area (Å²) >= 11 is 0. The minimum Gasteiger partial charge on any atom is -0.491 e. The summed E-state index contributed by atoms with van der Waals surface area (Å²) in [5.74, 6) is 2.30. The number of amides is 1. The summed E-state index contributed by atoms with van der Waals surface area (Å²) in [6.45, 7) is 8.35. The second-order valence-electron chi connectivity index (χ2n) is 9.35. The minimum absolute atomic E-state index is 0.0835. The molecule has 1 heterocycles. The zero-order valence-corrected chi connectivity index (χ0v) is 21.4. The molecule has 186 valence electrons. The maximum Gasteiger partial charge on any atom is 0.243 e. The van der Waals surface area contributed by atoms with Crippen LogP contribution in [-0.2, 0) is 17.8 Å². The third kappa shape index (κ3) is 6.63. The molecule has 1 N–H and O–H groups in total. The second-order valence-corrected chi connectivity index (χ2v) is 9.35. The molecule has 4 rings (SSSR count). The number of rotatable bonds is 11. The Balaban J connectivity index is 1.36. The molecule has 0 spiro atoms. The Morgan fingerprint density at radius 3 is 2.64 bits per heavy atom. The van der Waals surface area contributed by atoms with Gasteiger partial charge in [0.1, 0.15) is 18.2 Å². The predicted molar refractivity (Wildman–Crippen MR) is 147 cm³/mol. The SMILES string of the molecule is Cc1ccc(C(C)C)c(OCCn2c(CCCNC(=O)/C=C/c3ccccc3)nc3ccccc32)c1. The van der Waals surface area contributed by atoms with Crippen molar-refractivity contribution in [3.8, 4) is 5.75 Å². The van der Waals surface area contributed by atoms with Crippen LogP contribution < -0.4 is 10.1 Å². The van der Waals surface area contributed by atoms with Crippen LogP contribution in [0.2, 0.25) is 0 Å². The number of para-hydroxylation sites is 2. The standard InChI is InChI=1S/C31H35N3O2/c1-23(2)26-17-15-24(3)22-29(26)36-21-20-34-28-13-8-7-12-27(28)33-30(34)14-9-19-32-31(35)18-16-25-10-5-4-6-11-25/h4-8,10-13,15-18,22-23H,9,14,19-21H2,1-3H3,(H,32,35)/b18-16+. The van der Waals surface area contributed by atoms with Gasteiger partial charge in [-0.25, -0.2) is 4.98 Å². The normalized spacial score (nSPS) is 11.4. The van der Waals surface area contributed by atoms with Crippen molar-refractivity contribution < 1.29 is 9.53 Å². The number of imidazole rings is 1. The average molecular weight is 482 g/mol. The largest absolute Gasteiger partial charge is 0.491 e. The summed E-state index contributed by atoms with van der Waals surface area (Å²) < 4.78 is 8.51. The summed E-state index contributed by atoms with van der Waals surface area (Å²) in [6.07, 6.45) is 5.00. The average Bonchev–Trinajstić information content (AvgIpc) is 3.23. The van der Waals surface area contributed by atoms with E-state index in [1.165, 1.54) is 11.1 Å². The van der Waals surface area contributed by atoms with Crippen LogP contribution in [-0.4, -0.2) is 28.6 Å².